The van der Waals surface area contributed by atoms with Crippen LogP contribution in [0.15, 0.2) is 59.5 Å². The van der Waals surface area contributed by atoms with E-state index in [9.17, 15) is 0 Å². The van der Waals surface area contributed by atoms with Gasteiger partial charge in [-0.1, -0.05) is 17.7 Å². The molecule has 4 aromatic rings. The Hall–Kier alpha value is -2.79. The van der Waals surface area contributed by atoms with Gasteiger partial charge in [-0.25, -0.2) is 9.97 Å². The maximum Gasteiger partial charge on any atom is 0.247 e. The quantitative estimate of drug-likeness (QED) is 0.561. The van der Waals surface area contributed by atoms with E-state index in [1.54, 1.807) is 30.9 Å². The summed E-state index contributed by atoms with van der Waals surface area (Å²) >= 11 is 6.24. The number of aryl methyl sites for hydroxylation is 2. The van der Waals surface area contributed by atoms with Crippen molar-refractivity contribution in [2.24, 2.45) is 0 Å². The predicted molar refractivity (Wildman–Crippen MR) is 91.7 cm³/mol. The van der Waals surface area contributed by atoms with Gasteiger partial charge in [0.15, 0.2) is 5.58 Å². The molecule has 0 atom stereocenters. The van der Waals surface area contributed by atoms with E-state index in [1.807, 2.05) is 24.3 Å². The Morgan fingerprint density at radius 2 is 1.96 bits per heavy atom. The van der Waals surface area contributed by atoms with Crippen molar-refractivity contribution in [2.45, 2.75) is 12.8 Å². The zero-order valence-corrected chi connectivity index (χ0v) is 13.4. The summed E-state index contributed by atoms with van der Waals surface area (Å²) in [6.07, 6.45) is 8.21. The number of rotatable bonds is 4. The van der Waals surface area contributed by atoms with Crippen LogP contribution in [0.5, 0.6) is 0 Å². The number of pyridine rings is 1. The first-order valence-electron chi connectivity index (χ1n) is 7.55. The Kier molecular flexibility index (Phi) is 3.92. The molecule has 3 aromatic heterocycles. The van der Waals surface area contributed by atoms with E-state index in [0.29, 0.717) is 16.6 Å². The van der Waals surface area contributed by atoms with Gasteiger partial charge in [0.05, 0.1) is 6.20 Å². The van der Waals surface area contributed by atoms with Crippen molar-refractivity contribution in [1.82, 2.24) is 19.9 Å². The number of aromatic nitrogens is 4. The van der Waals surface area contributed by atoms with Crippen molar-refractivity contribution < 1.29 is 4.42 Å². The summed E-state index contributed by atoms with van der Waals surface area (Å²) in [4.78, 5) is 17.1. The zero-order valence-electron chi connectivity index (χ0n) is 12.7. The molecule has 6 heteroatoms. The summed E-state index contributed by atoms with van der Waals surface area (Å²) in [7, 11) is 0. The molecule has 118 valence electrons. The van der Waals surface area contributed by atoms with Gasteiger partial charge < -0.3 is 4.42 Å². The first-order valence-corrected chi connectivity index (χ1v) is 7.92. The van der Waals surface area contributed by atoms with Crippen LogP contribution in [0.1, 0.15) is 11.3 Å². The number of hydrogen-bond acceptors (Lipinski definition) is 5. The highest BCUT2D eigenvalue weighted by Gasteiger charge is 2.14. The molecule has 0 unspecified atom stereocenters. The summed E-state index contributed by atoms with van der Waals surface area (Å²) < 4.78 is 5.94. The molecule has 0 radical (unpaired) electrons. The highest BCUT2D eigenvalue weighted by Crippen LogP contribution is 2.29. The fraction of sp³-hybridized carbons (Fsp3) is 0.111. The maximum absolute atomic E-state index is 6.24. The summed E-state index contributed by atoms with van der Waals surface area (Å²) in [5.41, 5.74) is 4.08. The second kappa shape index (κ2) is 6.37. The van der Waals surface area contributed by atoms with Gasteiger partial charge in [0.25, 0.3) is 0 Å². The van der Waals surface area contributed by atoms with Gasteiger partial charge in [-0.05, 0) is 42.7 Å². The van der Waals surface area contributed by atoms with Gasteiger partial charge in [0.1, 0.15) is 11.2 Å². The Bertz CT molecular complexity index is 970. The van der Waals surface area contributed by atoms with Crippen LogP contribution in [-0.2, 0) is 12.8 Å². The molecule has 5 nitrogen and oxygen atoms in total. The van der Waals surface area contributed by atoms with Crippen LogP contribution in [0.4, 0.5) is 0 Å². The Morgan fingerprint density at radius 3 is 2.75 bits per heavy atom. The lowest BCUT2D eigenvalue weighted by Gasteiger charge is -2.03. The van der Waals surface area contributed by atoms with Crippen molar-refractivity contribution in [3.05, 3.63) is 71.4 Å². The molecule has 0 bridgehead atoms. The van der Waals surface area contributed by atoms with Gasteiger partial charge in [-0.15, -0.1) is 0 Å². The van der Waals surface area contributed by atoms with Crippen LogP contribution in [-0.4, -0.2) is 19.9 Å². The van der Waals surface area contributed by atoms with Crippen LogP contribution in [0, 0.1) is 0 Å². The molecule has 0 aliphatic carbocycles. The second-order valence-corrected chi connectivity index (χ2v) is 5.78. The molecule has 0 aliphatic rings. The molecular weight excluding hydrogens is 324 g/mol. The monoisotopic (exact) mass is 336 g/mol. The number of hydrogen-bond donors (Lipinski definition) is 0. The first-order chi connectivity index (χ1) is 11.8. The molecular formula is C18H13ClN4O. The van der Waals surface area contributed by atoms with E-state index in [4.69, 9.17) is 16.0 Å². The minimum Gasteiger partial charge on any atom is -0.434 e. The second-order valence-electron chi connectivity index (χ2n) is 5.34. The molecule has 0 amide bonds. The van der Waals surface area contributed by atoms with E-state index in [0.717, 1.165) is 35.2 Å². The number of benzene rings is 1. The third kappa shape index (κ3) is 2.98. The van der Waals surface area contributed by atoms with Gasteiger partial charge in [0.2, 0.25) is 5.89 Å². The van der Waals surface area contributed by atoms with Gasteiger partial charge in [-0.2, -0.15) is 0 Å². The highest BCUT2D eigenvalue weighted by atomic mass is 35.5. The minimum absolute atomic E-state index is 0.444. The van der Waals surface area contributed by atoms with E-state index in [1.165, 1.54) is 0 Å². The SMILES string of the molecule is Clc1cc(CCc2ccccn2)c2oc(-c3cnccn3)nc2c1. The minimum atomic E-state index is 0.444. The molecule has 0 N–H and O–H groups in total. The number of nitrogens with zero attached hydrogens (tertiary/aromatic N) is 4. The fourth-order valence-electron chi connectivity index (χ4n) is 2.58. The topological polar surface area (TPSA) is 64.7 Å². The highest BCUT2D eigenvalue weighted by molar-refractivity contribution is 6.31. The maximum atomic E-state index is 6.24. The van der Waals surface area contributed by atoms with Crippen molar-refractivity contribution >= 4 is 22.7 Å². The van der Waals surface area contributed by atoms with Crippen LogP contribution in [0.3, 0.4) is 0 Å². The lowest BCUT2D eigenvalue weighted by molar-refractivity contribution is 0.611. The predicted octanol–water partition coefficient (Wildman–Crippen LogP) is 4.12. The standard InChI is InChI=1S/C18H13ClN4O/c19-13-9-12(4-5-14-3-1-2-6-21-14)17-15(10-13)23-18(24-17)16-11-20-7-8-22-16/h1-3,6-11H,4-5H2. The molecule has 24 heavy (non-hydrogen) atoms. The first kappa shape index (κ1) is 14.8. The average Bonchev–Trinajstić information content (AvgIpc) is 3.05. The van der Waals surface area contributed by atoms with Gasteiger partial charge >= 0.3 is 0 Å². The lowest BCUT2D eigenvalue weighted by Crippen LogP contribution is -1.94. The molecule has 0 saturated heterocycles. The van der Waals surface area contributed by atoms with Crippen LogP contribution in [0.2, 0.25) is 5.02 Å². The van der Waals surface area contributed by atoms with E-state index in [2.05, 4.69) is 19.9 Å². The Morgan fingerprint density at radius 1 is 1.00 bits per heavy atom. The van der Waals surface area contributed by atoms with E-state index >= 15 is 0 Å². The van der Waals surface area contributed by atoms with Gasteiger partial charge in [-0.3, -0.25) is 9.97 Å². The van der Waals surface area contributed by atoms with Crippen molar-refractivity contribution in [2.75, 3.05) is 0 Å². The molecule has 1 aromatic carbocycles. The molecule has 0 saturated carbocycles. The molecule has 3 heterocycles. The van der Waals surface area contributed by atoms with Crippen LogP contribution >= 0.6 is 11.6 Å². The van der Waals surface area contributed by atoms with Crippen molar-refractivity contribution in [1.29, 1.82) is 0 Å². The smallest absolute Gasteiger partial charge is 0.247 e. The number of halogens is 1. The average molecular weight is 337 g/mol. The Balaban J connectivity index is 1.71. The molecule has 0 fully saturated rings. The van der Waals surface area contributed by atoms with Crippen molar-refractivity contribution in [3.63, 3.8) is 0 Å². The van der Waals surface area contributed by atoms with Crippen LogP contribution in [0.25, 0.3) is 22.7 Å². The normalized spacial score (nSPS) is 11.0. The van der Waals surface area contributed by atoms with Crippen molar-refractivity contribution in [3.8, 4) is 11.6 Å². The third-order valence-electron chi connectivity index (χ3n) is 3.69. The summed E-state index contributed by atoms with van der Waals surface area (Å²) in [6, 6.07) is 9.61. The summed E-state index contributed by atoms with van der Waals surface area (Å²) in [5, 5.41) is 0.637. The Labute approximate surface area is 143 Å². The van der Waals surface area contributed by atoms with E-state index in [-0.39, 0.29) is 0 Å². The third-order valence-corrected chi connectivity index (χ3v) is 3.91. The summed E-state index contributed by atoms with van der Waals surface area (Å²) in [6.45, 7) is 0. The molecule has 0 aliphatic heterocycles. The number of oxazole rings is 1. The molecule has 4 rings (SSSR count). The fourth-order valence-corrected chi connectivity index (χ4v) is 2.81. The number of fused-ring (bicyclic) bond motifs is 1. The molecule has 0 spiro atoms. The van der Waals surface area contributed by atoms with Crippen LogP contribution < -0.4 is 0 Å². The summed E-state index contributed by atoms with van der Waals surface area (Å²) in [5.74, 6) is 0.444. The largest absolute Gasteiger partial charge is 0.434 e. The van der Waals surface area contributed by atoms with Gasteiger partial charge in [0, 0.05) is 29.3 Å². The lowest BCUT2D eigenvalue weighted by atomic mass is 10.1. The van der Waals surface area contributed by atoms with E-state index < -0.39 is 0 Å². The zero-order chi connectivity index (χ0) is 16.4.